The molecule has 3 nitrogen and oxygen atoms in total. The third-order valence-corrected chi connectivity index (χ3v) is 1.94. The van der Waals surface area contributed by atoms with Gasteiger partial charge >= 0.3 is 0 Å². The van der Waals surface area contributed by atoms with E-state index in [1.807, 2.05) is 6.92 Å². The number of aliphatic hydroxyl groups is 2. The number of aryl methyl sites for hydroxylation is 1. The summed E-state index contributed by atoms with van der Waals surface area (Å²) in [7, 11) is 0. The minimum absolute atomic E-state index is 0.209. The van der Waals surface area contributed by atoms with Crippen molar-refractivity contribution in [1.82, 2.24) is 0 Å². The second kappa shape index (κ2) is 4.93. The lowest BCUT2D eigenvalue weighted by atomic mass is 10.2. The fourth-order valence-corrected chi connectivity index (χ4v) is 1.08. The van der Waals surface area contributed by atoms with Gasteiger partial charge in [-0.3, -0.25) is 0 Å². The highest BCUT2D eigenvalue weighted by molar-refractivity contribution is 5.50. The SMILES string of the molecule is Cc1ccc(F)cc1NC[C@H](O)CO. The van der Waals surface area contributed by atoms with Gasteiger partial charge in [0.1, 0.15) is 5.82 Å². The Balaban J connectivity index is 2.62. The first-order chi connectivity index (χ1) is 6.63. The van der Waals surface area contributed by atoms with Crippen molar-refractivity contribution in [2.45, 2.75) is 13.0 Å². The molecule has 1 aromatic rings. The molecule has 1 atom stereocenters. The Bertz CT molecular complexity index is 304. The van der Waals surface area contributed by atoms with Crippen LogP contribution in [0.4, 0.5) is 10.1 Å². The number of nitrogens with one attached hydrogen (secondary N) is 1. The molecule has 0 aliphatic rings. The summed E-state index contributed by atoms with van der Waals surface area (Å²) in [6.07, 6.45) is -0.822. The molecule has 0 aliphatic carbocycles. The summed E-state index contributed by atoms with van der Waals surface area (Å²) >= 11 is 0. The Morgan fingerprint density at radius 3 is 2.86 bits per heavy atom. The lowest BCUT2D eigenvalue weighted by Crippen LogP contribution is -2.23. The number of benzene rings is 1. The van der Waals surface area contributed by atoms with Crippen LogP contribution in [0.3, 0.4) is 0 Å². The predicted molar refractivity (Wildman–Crippen MR) is 52.7 cm³/mol. The predicted octanol–water partition coefficient (Wildman–Crippen LogP) is 0.899. The molecule has 0 aliphatic heterocycles. The Labute approximate surface area is 82.2 Å². The third-order valence-electron chi connectivity index (χ3n) is 1.94. The zero-order valence-electron chi connectivity index (χ0n) is 8.00. The summed E-state index contributed by atoms with van der Waals surface area (Å²) in [4.78, 5) is 0. The van der Waals surface area contributed by atoms with Gasteiger partial charge in [-0.15, -0.1) is 0 Å². The molecule has 0 bridgehead atoms. The monoisotopic (exact) mass is 199 g/mol. The van der Waals surface area contributed by atoms with Gasteiger partial charge in [0.15, 0.2) is 0 Å². The largest absolute Gasteiger partial charge is 0.394 e. The maximum absolute atomic E-state index is 12.8. The van der Waals surface area contributed by atoms with E-state index in [2.05, 4.69) is 5.32 Å². The zero-order chi connectivity index (χ0) is 10.6. The number of hydrogen-bond acceptors (Lipinski definition) is 3. The Hall–Kier alpha value is -1.13. The maximum Gasteiger partial charge on any atom is 0.125 e. The van der Waals surface area contributed by atoms with Crippen molar-refractivity contribution >= 4 is 5.69 Å². The lowest BCUT2D eigenvalue weighted by molar-refractivity contribution is 0.105. The number of anilines is 1. The summed E-state index contributed by atoms with van der Waals surface area (Å²) in [5.41, 5.74) is 1.54. The van der Waals surface area contributed by atoms with Gasteiger partial charge in [-0.2, -0.15) is 0 Å². The average Bonchev–Trinajstić information content (AvgIpc) is 2.19. The van der Waals surface area contributed by atoms with Crippen molar-refractivity contribution in [3.8, 4) is 0 Å². The van der Waals surface area contributed by atoms with Gasteiger partial charge in [0.2, 0.25) is 0 Å². The molecule has 14 heavy (non-hydrogen) atoms. The van der Waals surface area contributed by atoms with Crippen molar-refractivity contribution in [3.63, 3.8) is 0 Å². The first kappa shape index (κ1) is 10.9. The molecule has 0 unspecified atom stereocenters. The van der Waals surface area contributed by atoms with Crippen LogP contribution in [0.15, 0.2) is 18.2 Å². The summed E-state index contributed by atoms with van der Waals surface area (Å²) in [6, 6.07) is 4.39. The van der Waals surface area contributed by atoms with Gasteiger partial charge in [0.05, 0.1) is 12.7 Å². The van der Waals surface area contributed by atoms with Gasteiger partial charge in [-0.1, -0.05) is 6.07 Å². The van der Waals surface area contributed by atoms with Crippen LogP contribution >= 0.6 is 0 Å². The van der Waals surface area contributed by atoms with Crippen LogP contribution in [-0.4, -0.2) is 29.5 Å². The molecular weight excluding hydrogens is 185 g/mol. The number of hydrogen-bond donors (Lipinski definition) is 3. The number of aliphatic hydroxyl groups excluding tert-OH is 2. The normalized spacial score (nSPS) is 12.6. The molecule has 78 valence electrons. The standard InChI is InChI=1S/C10H14FNO2/c1-7-2-3-8(11)4-10(7)12-5-9(14)6-13/h2-4,9,12-14H,5-6H2,1H3/t9-/m0/s1. The smallest absolute Gasteiger partial charge is 0.125 e. The molecule has 4 heteroatoms. The summed E-state index contributed by atoms with van der Waals surface area (Å²) in [6.45, 7) is 1.75. The minimum Gasteiger partial charge on any atom is -0.394 e. The summed E-state index contributed by atoms with van der Waals surface area (Å²) < 4.78 is 12.8. The highest BCUT2D eigenvalue weighted by Gasteiger charge is 2.03. The first-order valence-electron chi connectivity index (χ1n) is 4.42. The Kier molecular flexibility index (Phi) is 3.85. The van der Waals surface area contributed by atoms with E-state index >= 15 is 0 Å². The summed E-state index contributed by atoms with van der Waals surface area (Å²) in [5.74, 6) is -0.323. The molecule has 0 aromatic heterocycles. The van der Waals surface area contributed by atoms with Gasteiger partial charge in [0, 0.05) is 12.2 Å². The van der Waals surface area contributed by atoms with Crippen LogP contribution in [0.25, 0.3) is 0 Å². The number of rotatable bonds is 4. The van der Waals surface area contributed by atoms with Crippen molar-refractivity contribution < 1.29 is 14.6 Å². The average molecular weight is 199 g/mol. The van der Waals surface area contributed by atoms with E-state index in [4.69, 9.17) is 10.2 Å². The molecule has 0 heterocycles. The van der Waals surface area contributed by atoms with E-state index in [1.54, 1.807) is 6.07 Å². The van der Waals surface area contributed by atoms with Gasteiger partial charge in [-0.25, -0.2) is 4.39 Å². The molecule has 0 saturated heterocycles. The topological polar surface area (TPSA) is 52.5 Å². The van der Waals surface area contributed by atoms with Crippen LogP contribution in [0.2, 0.25) is 0 Å². The molecule has 3 N–H and O–H groups in total. The second-order valence-electron chi connectivity index (χ2n) is 3.18. The molecule has 1 aromatic carbocycles. The van der Waals surface area contributed by atoms with Crippen LogP contribution in [0.5, 0.6) is 0 Å². The molecular formula is C10H14FNO2. The quantitative estimate of drug-likeness (QED) is 0.675. The van der Waals surface area contributed by atoms with Crippen molar-refractivity contribution in [1.29, 1.82) is 0 Å². The summed E-state index contributed by atoms with van der Waals surface area (Å²) in [5, 5.41) is 20.5. The van der Waals surface area contributed by atoms with E-state index < -0.39 is 6.10 Å². The first-order valence-corrected chi connectivity index (χ1v) is 4.42. The van der Waals surface area contributed by atoms with Gasteiger partial charge in [-0.05, 0) is 24.6 Å². The van der Waals surface area contributed by atoms with Gasteiger partial charge in [0.25, 0.3) is 0 Å². The van der Waals surface area contributed by atoms with Crippen molar-refractivity contribution in [2.24, 2.45) is 0 Å². The fraction of sp³-hybridized carbons (Fsp3) is 0.400. The van der Waals surface area contributed by atoms with Crippen LogP contribution in [-0.2, 0) is 0 Å². The lowest BCUT2D eigenvalue weighted by Gasteiger charge is -2.12. The minimum atomic E-state index is -0.822. The molecule has 0 saturated carbocycles. The Morgan fingerprint density at radius 1 is 1.50 bits per heavy atom. The maximum atomic E-state index is 12.8. The van der Waals surface area contributed by atoms with Crippen molar-refractivity contribution in [2.75, 3.05) is 18.5 Å². The second-order valence-corrected chi connectivity index (χ2v) is 3.18. The molecule has 1 rings (SSSR count). The fourth-order valence-electron chi connectivity index (χ4n) is 1.08. The van der Waals surface area contributed by atoms with E-state index in [-0.39, 0.29) is 19.0 Å². The van der Waals surface area contributed by atoms with E-state index in [9.17, 15) is 4.39 Å². The molecule has 0 spiro atoms. The third kappa shape index (κ3) is 2.97. The number of halogens is 1. The zero-order valence-corrected chi connectivity index (χ0v) is 8.00. The van der Waals surface area contributed by atoms with E-state index in [0.29, 0.717) is 5.69 Å². The molecule has 0 fully saturated rings. The van der Waals surface area contributed by atoms with Crippen LogP contribution in [0, 0.1) is 12.7 Å². The van der Waals surface area contributed by atoms with Crippen molar-refractivity contribution in [3.05, 3.63) is 29.6 Å². The molecule has 0 radical (unpaired) electrons. The highest BCUT2D eigenvalue weighted by Crippen LogP contribution is 2.15. The van der Waals surface area contributed by atoms with E-state index in [1.165, 1.54) is 12.1 Å². The highest BCUT2D eigenvalue weighted by atomic mass is 19.1. The van der Waals surface area contributed by atoms with Crippen LogP contribution in [0.1, 0.15) is 5.56 Å². The molecule has 0 amide bonds. The van der Waals surface area contributed by atoms with Crippen LogP contribution < -0.4 is 5.32 Å². The van der Waals surface area contributed by atoms with Gasteiger partial charge < -0.3 is 15.5 Å². The Morgan fingerprint density at radius 2 is 2.21 bits per heavy atom. The van der Waals surface area contributed by atoms with E-state index in [0.717, 1.165) is 5.56 Å².